The number of carbonyl (C=O) groups excluding carboxylic acids is 2. The number of carboxylic acids is 1. The number of rotatable bonds is 7. The second-order valence-electron chi connectivity index (χ2n) is 4.24. The first-order chi connectivity index (χ1) is 9.90. The molecule has 0 radical (unpaired) electrons. The van der Waals surface area contributed by atoms with Gasteiger partial charge in [-0.1, -0.05) is 6.07 Å². The number of carbonyl (C=O) groups is 3. The van der Waals surface area contributed by atoms with E-state index in [0.29, 0.717) is 12.0 Å². The second-order valence-corrected chi connectivity index (χ2v) is 4.24. The van der Waals surface area contributed by atoms with Crippen LogP contribution in [0.3, 0.4) is 0 Å². The quantitative estimate of drug-likeness (QED) is 0.513. The van der Waals surface area contributed by atoms with Crippen molar-refractivity contribution in [2.24, 2.45) is 5.73 Å². The summed E-state index contributed by atoms with van der Waals surface area (Å²) in [4.78, 5) is 32.6. The van der Waals surface area contributed by atoms with Crippen molar-refractivity contribution in [1.29, 1.82) is 0 Å². The van der Waals surface area contributed by atoms with Crippen LogP contribution >= 0.6 is 0 Å². The van der Waals surface area contributed by atoms with E-state index in [9.17, 15) is 18.8 Å². The van der Waals surface area contributed by atoms with Gasteiger partial charge in [0.1, 0.15) is 5.82 Å². The summed E-state index contributed by atoms with van der Waals surface area (Å²) in [7, 11) is 0. The number of nitrogens with two attached hydrogens (primary N) is 1. The summed E-state index contributed by atoms with van der Waals surface area (Å²) in [6.45, 7) is 0.210. The molecule has 0 saturated heterocycles. The van der Waals surface area contributed by atoms with Crippen LogP contribution in [0.25, 0.3) is 6.08 Å². The van der Waals surface area contributed by atoms with Crippen molar-refractivity contribution in [3.8, 4) is 0 Å². The van der Waals surface area contributed by atoms with E-state index in [-0.39, 0.29) is 18.5 Å². The van der Waals surface area contributed by atoms with Gasteiger partial charge in [-0.15, -0.1) is 0 Å². The molecule has 0 unspecified atom stereocenters. The highest BCUT2D eigenvalue weighted by molar-refractivity contribution is 5.94. The average Bonchev–Trinajstić information content (AvgIpc) is 2.41. The highest BCUT2D eigenvalue weighted by atomic mass is 19.1. The van der Waals surface area contributed by atoms with Gasteiger partial charge in [-0.05, 0) is 30.2 Å². The Morgan fingerprint density at radius 1 is 1.33 bits per heavy atom. The molecule has 6 nitrogen and oxygen atoms in total. The Morgan fingerprint density at radius 3 is 2.62 bits per heavy atom. The number of hydrogen-bond donors (Lipinski definition) is 3. The number of benzene rings is 1. The van der Waals surface area contributed by atoms with E-state index in [4.69, 9.17) is 10.8 Å². The Morgan fingerprint density at radius 2 is 2.05 bits per heavy atom. The molecule has 1 aromatic rings. The molecular formula is C14H15FN2O4. The summed E-state index contributed by atoms with van der Waals surface area (Å²) in [5.74, 6) is -2.97. The normalized spacial score (nSPS) is 10.5. The van der Waals surface area contributed by atoms with E-state index >= 15 is 0 Å². The van der Waals surface area contributed by atoms with Crippen LogP contribution in [0.15, 0.2) is 24.3 Å². The van der Waals surface area contributed by atoms with Crippen LogP contribution in [0.5, 0.6) is 0 Å². The van der Waals surface area contributed by atoms with Gasteiger partial charge >= 0.3 is 5.97 Å². The van der Waals surface area contributed by atoms with Crippen LogP contribution in [0.2, 0.25) is 0 Å². The Labute approximate surface area is 120 Å². The molecule has 21 heavy (non-hydrogen) atoms. The fourth-order valence-electron chi connectivity index (χ4n) is 1.55. The van der Waals surface area contributed by atoms with E-state index < -0.39 is 23.6 Å². The summed E-state index contributed by atoms with van der Waals surface area (Å²) in [5, 5.41) is 10.9. The molecule has 0 bridgehead atoms. The van der Waals surface area contributed by atoms with Gasteiger partial charge in [0.2, 0.25) is 5.91 Å². The molecule has 0 saturated carbocycles. The molecule has 0 fully saturated rings. The SMILES string of the molecule is NC(=O)CCCNC(=O)c1ccc(C=CC(=O)O)cc1F. The fourth-order valence-corrected chi connectivity index (χ4v) is 1.55. The minimum absolute atomic E-state index is 0.141. The lowest BCUT2D eigenvalue weighted by Crippen LogP contribution is -2.26. The number of nitrogens with one attached hydrogen (secondary N) is 1. The number of carboxylic acid groups (broad SMARTS) is 1. The highest BCUT2D eigenvalue weighted by Crippen LogP contribution is 2.12. The van der Waals surface area contributed by atoms with Crippen LogP contribution in [-0.2, 0) is 9.59 Å². The van der Waals surface area contributed by atoms with Crippen molar-refractivity contribution in [1.82, 2.24) is 5.32 Å². The van der Waals surface area contributed by atoms with Crippen molar-refractivity contribution < 1.29 is 23.9 Å². The topological polar surface area (TPSA) is 109 Å². The third-order valence-corrected chi connectivity index (χ3v) is 2.54. The molecule has 112 valence electrons. The first-order valence-electron chi connectivity index (χ1n) is 6.17. The van der Waals surface area contributed by atoms with Gasteiger partial charge in [-0.25, -0.2) is 9.18 Å². The molecule has 0 spiro atoms. The minimum Gasteiger partial charge on any atom is -0.478 e. The van der Waals surface area contributed by atoms with Crippen molar-refractivity contribution in [3.63, 3.8) is 0 Å². The molecule has 7 heteroatoms. The van der Waals surface area contributed by atoms with Gasteiger partial charge in [0.05, 0.1) is 5.56 Å². The molecule has 0 aromatic heterocycles. The molecule has 0 atom stereocenters. The van der Waals surface area contributed by atoms with Gasteiger partial charge in [-0.3, -0.25) is 9.59 Å². The number of halogens is 1. The van der Waals surface area contributed by atoms with Crippen molar-refractivity contribution in [2.75, 3.05) is 6.54 Å². The standard InChI is InChI=1S/C14H15FN2O4/c15-11-8-9(4-6-13(19)20)3-5-10(11)14(21)17-7-1-2-12(16)18/h3-6,8H,1-2,7H2,(H2,16,18)(H,17,21)(H,19,20). The van der Waals surface area contributed by atoms with Crippen LogP contribution < -0.4 is 11.1 Å². The zero-order chi connectivity index (χ0) is 15.8. The molecule has 0 aliphatic carbocycles. The summed E-state index contributed by atoms with van der Waals surface area (Å²) in [6.07, 6.45) is 2.61. The zero-order valence-corrected chi connectivity index (χ0v) is 11.1. The van der Waals surface area contributed by atoms with E-state index in [1.165, 1.54) is 18.2 Å². The average molecular weight is 294 g/mol. The van der Waals surface area contributed by atoms with Crippen molar-refractivity contribution in [3.05, 3.63) is 41.2 Å². The van der Waals surface area contributed by atoms with Crippen LogP contribution in [0.4, 0.5) is 4.39 Å². The Bertz CT molecular complexity index is 584. The lowest BCUT2D eigenvalue weighted by atomic mass is 10.1. The van der Waals surface area contributed by atoms with Gasteiger partial charge in [0.15, 0.2) is 0 Å². The van der Waals surface area contributed by atoms with E-state index in [0.717, 1.165) is 12.1 Å². The maximum Gasteiger partial charge on any atom is 0.328 e. The van der Waals surface area contributed by atoms with Gasteiger partial charge in [0.25, 0.3) is 5.91 Å². The number of hydrogen-bond acceptors (Lipinski definition) is 3. The largest absolute Gasteiger partial charge is 0.478 e. The smallest absolute Gasteiger partial charge is 0.328 e. The summed E-state index contributed by atoms with van der Waals surface area (Å²) in [6, 6.07) is 3.76. The van der Waals surface area contributed by atoms with Crippen LogP contribution in [-0.4, -0.2) is 29.4 Å². The molecule has 0 aliphatic heterocycles. The number of amides is 2. The van der Waals surface area contributed by atoms with E-state index in [2.05, 4.69) is 5.32 Å². The second kappa shape index (κ2) is 7.78. The molecule has 0 heterocycles. The summed E-state index contributed by atoms with van der Waals surface area (Å²) < 4.78 is 13.7. The van der Waals surface area contributed by atoms with Crippen molar-refractivity contribution in [2.45, 2.75) is 12.8 Å². The lowest BCUT2D eigenvalue weighted by Gasteiger charge is -2.06. The Hall–Kier alpha value is -2.70. The highest BCUT2D eigenvalue weighted by Gasteiger charge is 2.11. The third kappa shape index (κ3) is 5.85. The Kier molecular flexibility index (Phi) is 6.06. The van der Waals surface area contributed by atoms with E-state index in [1.54, 1.807) is 0 Å². The van der Waals surface area contributed by atoms with Gasteiger partial charge < -0.3 is 16.2 Å². The van der Waals surface area contributed by atoms with Gasteiger partial charge in [-0.2, -0.15) is 0 Å². The first kappa shape index (κ1) is 16.4. The maximum atomic E-state index is 13.7. The summed E-state index contributed by atoms with van der Waals surface area (Å²) >= 11 is 0. The van der Waals surface area contributed by atoms with Crippen LogP contribution in [0, 0.1) is 5.82 Å². The molecule has 0 aliphatic rings. The molecule has 4 N–H and O–H groups in total. The number of aliphatic carboxylic acids is 1. The first-order valence-corrected chi connectivity index (χ1v) is 6.17. The minimum atomic E-state index is -1.15. The predicted molar refractivity (Wildman–Crippen MR) is 73.8 cm³/mol. The molecule has 1 rings (SSSR count). The fraction of sp³-hybridized carbons (Fsp3) is 0.214. The maximum absolute atomic E-state index is 13.7. The lowest BCUT2D eigenvalue weighted by molar-refractivity contribution is -0.131. The van der Waals surface area contributed by atoms with Gasteiger partial charge in [0, 0.05) is 19.0 Å². The zero-order valence-electron chi connectivity index (χ0n) is 11.1. The van der Waals surface area contributed by atoms with E-state index in [1.807, 2.05) is 0 Å². The summed E-state index contributed by atoms with van der Waals surface area (Å²) in [5.41, 5.74) is 5.13. The predicted octanol–water partition coefficient (Wildman–Crippen LogP) is 0.919. The molecule has 2 amide bonds. The third-order valence-electron chi connectivity index (χ3n) is 2.54. The Balaban J connectivity index is 2.64. The van der Waals surface area contributed by atoms with Crippen molar-refractivity contribution >= 4 is 23.9 Å². The monoisotopic (exact) mass is 294 g/mol. The molecular weight excluding hydrogens is 279 g/mol. The number of primary amides is 1. The van der Waals surface area contributed by atoms with Crippen LogP contribution in [0.1, 0.15) is 28.8 Å². The molecule has 1 aromatic carbocycles.